The van der Waals surface area contributed by atoms with Gasteiger partial charge < -0.3 is 9.73 Å². The molecule has 0 bridgehead atoms. The van der Waals surface area contributed by atoms with Gasteiger partial charge in [-0.2, -0.15) is 0 Å². The standard InChI is InChI=1S/C13H24N2O/c1-9(2)6-14-7-12-13(16-8-15-12)11(5)10(3)4/h8-11,14H,6-7H2,1-5H3. The molecule has 0 fully saturated rings. The fourth-order valence-electron chi connectivity index (χ4n) is 1.56. The van der Waals surface area contributed by atoms with E-state index in [2.05, 4.69) is 44.9 Å². The summed E-state index contributed by atoms with van der Waals surface area (Å²) in [6.45, 7) is 12.8. The number of oxazole rings is 1. The van der Waals surface area contributed by atoms with Crippen molar-refractivity contribution in [2.45, 2.75) is 47.1 Å². The van der Waals surface area contributed by atoms with E-state index in [1.807, 2.05) is 0 Å². The Hall–Kier alpha value is -0.830. The van der Waals surface area contributed by atoms with E-state index in [-0.39, 0.29) is 0 Å². The summed E-state index contributed by atoms with van der Waals surface area (Å²) in [5.74, 6) is 2.71. The second-order valence-electron chi connectivity index (χ2n) is 5.22. The lowest BCUT2D eigenvalue weighted by molar-refractivity contribution is 0.407. The summed E-state index contributed by atoms with van der Waals surface area (Å²) in [6, 6.07) is 0. The molecular formula is C13H24N2O. The molecule has 0 amide bonds. The topological polar surface area (TPSA) is 38.1 Å². The Bertz CT molecular complexity index is 305. The zero-order valence-electron chi connectivity index (χ0n) is 11.1. The van der Waals surface area contributed by atoms with Crippen molar-refractivity contribution in [3.8, 4) is 0 Å². The average molecular weight is 224 g/mol. The highest BCUT2D eigenvalue weighted by atomic mass is 16.3. The van der Waals surface area contributed by atoms with Crippen LogP contribution in [0, 0.1) is 11.8 Å². The predicted octanol–water partition coefficient (Wildman–Crippen LogP) is 3.18. The Morgan fingerprint density at radius 1 is 1.25 bits per heavy atom. The molecule has 16 heavy (non-hydrogen) atoms. The van der Waals surface area contributed by atoms with Gasteiger partial charge in [0, 0.05) is 12.5 Å². The van der Waals surface area contributed by atoms with Crippen molar-refractivity contribution in [1.82, 2.24) is 10.3 Å². The van der Waals surface area contributed by atoms with Crippen LogP contribution in [0.25, 0.3) is 0 Å². The van der Waals surface area contributed by atoms with Crippen molar-refractivity contribution in [2.75, 3.05) is 6.54 Å². The first kappa shape index (κ1) is 13.2. The van der Waals surface area contributed by atoms with Crippen LogP contribution in [-0.2, 0) is 6.54 Å². The molecule has 3 heteroatoms. The van der Waals surface area contributed by atoms with Gasteiger partial charge in [0.2, 0.25) is 0 Å². The molecule has 1 N–H and O–H groups in total. The molecule has 0 radical (unpaired) electrons. The van der Waals surface area contributed by atoms with E-state index in [1.165, 1.54) is 0 Å². The van der Waals surface area contributed by atoms with Crippen LogP contribution >= 0.6 is 0 Å². The maximum atomic E-state index is 5.49. The molecule has 3 nitrogen and oxygen atoms in total. The maximum Gasteiger partial charge on any atom is 0.181 e. The number of nitrogens with zero attached hydrogens (tertiary/aromatic N) is 1. The van der Waals surface area contributed by atoms with Crippen LogP contribution in [0.2, 0.25) is 0 Å². The summed E-state index contributed by atoms with van der Waals surface area (Å²) in [7, 11) is 0. The van der Waals surface area contributed by atoms with Crippen LogP contribution in [0.3, 0.4) is 0 Å². The molecule has 1 heterocycles. The molecule has 0 aliphatic heterocycles. The van der Waals surface area contributed by atoms with Gasteiger partial charge in [-0.1, -0.05) is 34.6 Å². The van der Waals surface area contributed by atoms with E-state index in [9.17, 15) is 0 Å². The van der Waals surface area contributed by atoms with Crippen LogP contribution < -0.4 is 5.32 Å². The fraction of sp³-hybridized carbons (Fsp3) is 0.769. The van der Waals surface area contributed by atoms with Gasteiger partial charge in [0.05, 0.1) is 5.69 Å². The van der Waals surface area contributed by atoms with Gasteiger partial charge in [-0.3, -0.25) is 0 Å². The number of hydrogen-bond acceptors (Lipinski definition) is 3. The minimum absolute atomic E-state index is 0.429. The summed E-state index contributed by atoms with van der Waals surface area (Å²) in [6.07, 6.45) is 1.56. The molecule has 0 aromatic carbocycles. The third-order valence-electron chi connectivity index (χ3n) is 2.93. The number of hydrogen-bond donors (Lipinski definition) is 1. The molecule has 1 unspecified atom stereocenters. The van der Waals surface area contributed by atoms with E-state index in [0.717, 1.165) is 24.5 Å². The molecule has 92 valence electrons. The minimum Gasteiger partial charge on any atom is -0.448 e. The lowest BCUT2D eigenvalue weighted by Gasteiger charge is -2.14. The van der Waals surface area contributed by atoms with E-state index < -0.39 is 0 Å². The van der Waals surface area contributed by atoms with Crippen LogP contribution in [0.4, 0.5) is 0 Å². The summed E-state index contributed by atoms with van der Waals surface area (Å²) in [5, 5.41) is 3.40. The first-order valence-electron chi connectivity index (χ1n) is 6.15. The van der Waals surface area contributed by atoms with Gasteiger partial charge in [0.25, 0.3) is 0 Å². The lowest BCUT2D eigenvalue weighted by atomic mass is 9.94. The largest absolute Gasteiger partial charge is 0.448 e. The normalized spacial score (nSPS) is 13.7. The first-order valence-corrected chi connectivity index (χ1v) is 6.15. The maximum absolute atomic E-state index is 5.49. The summed E-state index contributed by atoms with van der Waals surface area (Å²) < 4.78 is 5.49. The zero-order valence-corrected chi connectivity index (χ0v) is 11.1. The van der Waals surface area contributed by atoms with Crippen LogP contribution in [0.15, 0.2) is 10.8 Å². The third kappa shape index (κ3) is 3.63. The summed E-state index contributed by atoms with van der Waals surface area (Å²) >= 11 is 0. The van der Waals surface area contributed by atoms with Crippen LogP contribution in [-0.4, -0.2) is 11.5 Å². The Kier molecular flexibility index (Phi) is 5.00. The van der Waals surface area contributed by atoms with Crippen LogP contribution in [0.1, 0.15) is 52.0 Å². The Balaban J connectivity index is 2.57. The quantitative estimate of drug-likeness (QED) is 0.806. The summed E-state index contributed by atoms with van der Waals surface area (Å²) in [4.78, 5) is 4.29. The van der Waals surface area contributed by atoms with Gasteiger partial charge in [-0.15, -0.1) is 0 Å². The van der Waals surface area contributed by atoms with E-state index in [1.54, 1.807) is 6.39 Å². The molecule has 1 aromatic heterocycles. The highest BCUT2D eigenvalue weighted by Crippen LogP contribution is 2.26. The molecule has 1 rings (SSSR count). The number of nitrogens with one attached hydrogen (secondary N) is 1. The highest BCUT2D eigenvalue weighted by Gasteiger charge is 2.18. The highest BCUT2D eigenvalue weighted by molar-refractivity contribution is 5.12. The minimum atomic E-state index is 0.429. The lowest BCUT2D eigenvalue weighted by Crippen LogP contribution is -2.20. The van der Waals surface area contributed by atoms with Crippen molar-refractivity contribution in [1.29, 1.82) is 0 Å². The Morgan fingerprint density at radius 3 is 2.50 bits per heavy atom. The van der Waals surface area contributed by atoms with Gasteiger partial charge in [-0.05, 0) is 18.4 Å². The van der Waals surface area contributed by atoms with Crippen molar-refractivity contribution < 1.29 is 4.42 Å². The number of rotatable bonds is 6. The second-order valence-corrected chi connectivity index (χ2v) is 5.22. The van der Waals surface area contributed by atoms with Gasteiger partial charge in [0.15, 0.2) is 6.39 Å². The molecule has 0 saturated carbocycles. The fourth-order valence-corrected chi connectivity index (χ4v) is 1.56. The smallest absolute Gasteiger partial charge is 0.181 e. The van der Waals surface area contributed by atoms with Gasteiger partial charge in [0.1, 0.15) is 5.76 Å². The molecule has 1 aromatic rings. The van der Waals surface area contributed by atoms with Gasteiger partial charge in [-0.25, -0.2) is 4.98 Å². The Labute approximate surface area is 98.6 Å². The molecule has 0 spiro atoms. The SMILES string of the molecule is CC(C)CNCc1ncoc1C(C)C(C)C. The Morgan fingerprint density at radius 2 is 1.94 bits per heavy atom. The van der Waals surface area contributed by atoms with Crippen molar-refractivity contribution in [2.24, 2.45) is 11.8 Å². The second kappa shape index (κ2) is 6.04. The average Bonchev–Trinajstić information content (AvgIpc) is 2.64. The molecule has 0 saturated heterocycles. The predicted molar refractivity (Wildman–Crippen MR) is 66.3 cm³/mol. The monoisotopic (exact) mass is 224 g/mol. The van der Waals surface area contributed by atoms with Crippen LogP contribution in [0.5, 0.6) is 0 Å². The molecular weight excluding hydrogens is 200 g/mol. The van der Waals surface area contributed by atoms with Crippen molar-refractivity contribution in [3.63, 3.8) is 0 Å². The number of aromatic nitrogens is 1. The van der Waals surface area contributed by atoms with Crippen molar-refractivity contribution in [3.05, 3.63) is 17.8 Å². The first-order chi connectivity index (χ1) is 7.52. The molecule has 1 atom stereocenters. The summed E-state index contributed by atoms with van der Waals surface area (Å²) in [5.41, 5.74) is 1.06. The van der Waals surface area contributed by atoms with E-state index in [4.69, 9.17) is 4.42 Å². The third-order valence-corrected chi connectivity index (χ3v) is 2.93. The zero-order chi connectivity index (χ0) is 12.1. The molecule has 0 aliphatic carbocycles. The van der Waals surface area contributed by atoms with E-state index >= 15 is 0 Å². The van der Waals surface area contributed by atoms with Crippen molar-refractivity contribution >= 4 is 0 Å². The molecule has 0 aliphatic rings. The van der Waals surface area contributed by atoms with E-state index in [0.29, 0.717) is 17.8 Å². The van der Waals surface area contributed by atoms with Gasteiger partial charge >= 0.3 is 0 Å².